The van der Waals surface area contributed by atoms with E-state index in [-0.39, 0.29) is 37.5 Å². The molecule has 1 saturated carbocycles. The number of halogens is 2. The first kappa shape index (κ1) is 24.5. The minimum absolute atomic E-state index is 0.183. The fraction of sp³-hybridized carbons (Fsp3) is 0.538. The summed E-state index contributed by atoms with van der Waals surface area (Å²) >= 11 is 0. The normalized spacial score (nSPS) is 20.2. The highest BCUT2D eigenvalue weighted by Crippen LogP contribution is 2.54. The van der Waals surface area contributed by atoms with E-state index < -0.39 is 5.92 Å². The largest absolute Gasteiger partial charge is 0.375 e. The van der Waals surface area contributed by atoms with E-state index in [2.05, 4.69) is 20.7 Å². The van der Waals surface area contributed by atoms with Crippen molar-refractivity contribution >= 4 is 34.5 Å². The number of pyridine rings is 1. The summed E-state index contributed by atoms with van der Waals surface area (Å²) in [6.07, 6.45) is 4.39. The molecule has 1 amide bonds. The molecule has 1 aromatic carbocycles. The number of piperidine rings is 2. The summed E-state index contributed by atoms with van der Waals surface area (Å²) in [7, 11) is 3.73. The average molecular weight is 501 g/mol. The molecule has 2 saturated heterocycles. The van der Waals surface area contributed by atoms with Crippen molar-refractivity contribution in [1.82, 2.24) is 4.98 Å². The molecule has 1 aliphatic carbocycles. The Balaban J connectivity index is 1.38. The van der Waals surface area contributed by atoms with Crippen LogP contribution in [-0.4, -0.2) is 62.3 Å². The van der Waals surface area contributed by atoms with Crippen LogP contribution in [0.2, 0.25) is 0 Å². The fourth-order valence-electron chi connectivity index (χ4n) is 5.25. The molecule has 36 heavy (non-hydrogen) atoms. The first-order valence-corrected chi connectivity index (χ1v) is 12.6. The van der Waals surface area contributed by atoms with E-state index in [4.69, 9.17) is 0 Å². The zero-order valence-corrected chi connectivity index (χ0v) is 20.9. The van der Waals surface area contributed by atoms with Crippen LogP contribution in [0.5, 0.6) is 0 Å². The molecule has 2 aromatic rings. The van der Waals surface area contributed by atoms with Crippen molar-refractivity contribution in [3.8, 4) is 0 Å². The zero-order chi connectivity index (χ0) is 25.5. The van der Waals surface area contributed by atoms with Crippen LogP contribution < -0.4 is 25.5 Å². The van der Waals surface area contributed by atoms with Gasteiger partial charge in [0.1, 0.15) is 5.69 Å². The Bertz CT molecular complexity index is 1120. The van der Waals surface area contributed by atoms with Crippen molar-refractivity contribution < 1.29 is 18.8 Å². The number of amides is 1. The molecule has 2 aliphatic heterocycles. The Kier molecular flexibility index (Phi) is 6.40. The molecule has 5 rings (SSSR count). The van der Waals surface area contributed by atoms with Gasteiger partial charge in [0.25, 0.3) is 11.8 Å². The maximum absolute atomic E-state index is 13.7. The van der Waals surface area contributed by atoms with Crippen LogP contribution in [0, 0.1) is 5.41 Å². The fourth-order valence-corrected chi connectivity index (χ4v) is 5.25. The molecule has 3 aliphatic rings. The number of hydrogen-bond donors (Lipinski definition) is 3. The number of alkyl halides is 2. The summed E-state index contributed by atoms with van der Waals surface area (Å²) in [5.74, 6) is -2.50. The van der Waals surface area contributed by atoms with Crippen LogP contribution in [0.25, 0.3) is 0 Å². The Hall–Kier alpha value is -3.14. The number of anilines is 5. The van der Waals surface area contributed by atoms with Crippen LogP contribution in [0.4, 0.5) is 37.3 Å². The van der Waals surface area contributed by atoms with Crippen LogP contribution >= 0.6 is 0 Å². The smallest absolute Gasteiger partial charge is 0.274 e. The van der Waals surface area contributed by atoms with Crippen molar-refractivity contribution in [3.63, 3.8) is 0 Å². The predicted octanol–water partition coefficient (Wildman–Crippen LogP) is 4.82. The molecular weight excluding hydrogens is 466 g/mol. The molecule has 1 spiro atoms. The molecule has 0 unspecified atom stereocenters. The number of carbonyl (C=O) groups excluding carboxylic acids is 1. The van der Waals surface area contributed by atoms with Crippen molar-refractivity contribution in [2.24, 2.45) is 5.41 Å². The first-order valence-electron chi connectivity index (χ1n) is 12.6. The summed E-state index contributed by atoms with van der Waals surface area (Å²) in [4.78, 5) is 23.9. The Labute approximate surface area is 210 Å². The van der Waals surface area contributed by atoms with Gasteiger partial charge in [-0.2, -0.15) is 0 Å². The minimum atomic E-state index is -2.66. The zero-order valence-electron chi connectivity index (χ0n) is 20.9. The highest BCUT2D eigenvalue weighted by Gasteiger charge is 2.44. The van der Waals surface area contributed by atoms with Gasteiger partial charge in [0.2, 0.25) is 0 Å². The highest BCUT2D eigenvalue weighted by molar-refractivity contribution is 6.05. The van der Waals surface area contributed by atoms with E-state index in [9.17, 15) is 18.8 Å². The maximum atomic E-state index is 13.7. The summed E-state index contributed by atoms with van der Waals surface area (Å²) in [6.45, 7) is 2.17. The number of aromatic nitrogens is 1. The molecule has 194 valence electrons. The van der Waals surface area contributed by atoms with Gasteiger partial charge in [0.05, 0.1) is 22.7 Å². The van der Waals surface area contributed by atoms with E-state index >= 15 is 0 Å². The van der Waals surface area contributed by atoms with Crippen molar-refractivity contribution in [3.05, 3.63) is 36.0 Å². The third-order valence-corrected chi connectivity index (χ3v) is 7.86. The van der Waals surface area contributed by atoms with Gasteiger partial charge in [-0.05, 0) is 61.4 Å². The molecule has 10 heteroatoms. The monoisotopic (exact) mass is 500 g/mol. The SMILES string of the molecule is CN(C)c1ccc(C(=O)Nc2ccc(NO)cc2N2CCC3(CC2)CC3)nc1N1CCC(F)(F)CC1. The highest BCUT2D eigenvalue weighted by atomic mass is 19.3. The molecular formula is C26H34F2N6O2. The topological polar surface area (TPSA) is 84.0 Å². The number of rotatable bonds is 6. The first-order chi connectivity index (χ1) is 17.2. The number of nitrogens with one attached hydrogen (secondary N) is 2. The van der Waals surface area contributed by atoms with Gasteiger partial charge in [0.15, 0.2) is 5.82 Å². The van der Waals surface area contributed by atoms with Crippen LogP contribution in [0.1, 0.15) is 49.0 Å². The lowest BCUT2D eigenvalue weighted by molar-refractivity contribution is -0.0221. The molecule has 3 fully saturated rings. The molecule has 0 bridgehead atoms. The van der Waals surface area contributed by atoms with Gasteiger partial charge < -0.3 is 20.0 Å². The van der Waals surface area contributed by atoms with Crippen LogP contribution in [0.3, 0.4) is 0 Å². The predicted molar refractivity (Wildman–Crippen MR) is 138 cm³/mol. The Morgan fingerprint density at radius 1 is 0.972 bits per heavy atom. The van der Waals surface area contributed by atoms with Crippen molar-refractivity contribution in [1.29, 1.82) is 0 Å². The second kappa shape index (κ2) is 9.38. The number of benzene rings is 1. The van der Waals surface area contributed by atoms with Crippen LogP contribution in [-0.2, 0) is 0 Å². The van der Waals surface area contributed by atoms with Crippen LogP contribution in [0.15, 0.2) is 30.3 Å². The number of carbonyl (C=O) groups is 1. The molecule has 0 atom stereocenters. The molecule has 1 aromatic heterocycles. The maximum Gasteiger partial charge on any atom is 0.274 e. The average Bonchev–Trinajstić information content (AvgIpc) is 3.63. The Morgan fingerprint density at radius 2 is 1.64 bits per heavy atom. The van der Waals surface area contributed by atoms with E-state index in [1.165, 1.54) is 12.8 Å². The third kappa shape index (κ3) is 5.04. The summed E-state index contributed by atoms with van der Waals surface area (Å²) in [6, 6.07) is 8.78. The second-order valence-corrected chi connectivity index (χ2v) is 10.6. The van der Waals surface area contributed by atoms with Gasteiger partial charge in [-0.15, -0.1) is 0 Å². The quantitative estimate of drug-likeness (QED) is 0.491. The lowest BCUT2D eigenvalue weighted by Crippen LogP contribution is -2.40. The van der Waals surface area contributed by atoms with Crippen molar-refractivity contribution in [2.45, 2.75) is 44.4 Å². The number of nitrogens with zero attached hydrogens (tertiary/aromatic N) is 4. The van der Waals surface area contributed by atoms with E-state index in [0.717, 1.165) is 37.3 Å². The lowest BCUT2D eigenvalue weighted by atomic mass is 9.93. The molecule has 8 nitrogen and oxygen atoms in total. The molecule has 3 N–H and O–H groups in total. The van der Waals surface area contributed by atoms with E-state index in [0.29, 0.717) is 22.6 Å². The summed E-state index contributed by atoms with van der Waals surface area (Å²) in [5, 5.41) is 12.4. The van der Waals surface area contributed by atoms with E-state index in [1.807, 2.05) is 36.0 Å². The van der Waals surface area contributed by atoms with Gasteiger partial charge in [-0.25, -0.2) is 13.8 Å². The summed E-state index contributed by atoms with van der Waals surface area (Å²) in [5.41, 5.74) is 5.75. The second-order valence-electron chi connectivity index (χ2n) is 10.6. The standard InChI is InChI=1S/C26H34F2N6O2/c1-32(2)21-6-5-20(29-23(21)34-15-11-26(27,28)12-16-34)24(35)30-19-4-3-18(31-36)17-22(19)33-13-9-25(7-8-25)10-14-33/h3-6,17,31,36H,7-16H2,1-2H3,(H,30,35). The van der Waals surface area contributed by atoms with Gasteiger partial charge in [-0.1, -0.05) is 0 Å². The lowest BCUT2D eigenvalue weighted by Gasteiger charge is -2.35. The molecule has 3 heterocycles. The van der Waals surface area contributed by atoms with E-state index in [1.54, 1.807) is 18.2 Å². The van der Waals surface area contributed by atoms with Gasteiger partial charge >= 0.3 is 0 Å². The Morgan fingerprint density at radius 3 is 2.25 bits per heavy atom. The minimum Gasteiger partial charge on any atom is -0.375 e. The van der Waals surface area contributed by atoms with Crippen molar-refractivity contribution in [2.75, 3.05) is 65.8 Å². The third-order valence-electron chi connectivity index (χ3n) is 7.86. The summed E-state index contributed by atoms with van der Waals surface area (Å²) < 4.78 is 27.5. The molecule has 0 radical (unpaired) electrons. The van der Waals surface area contributed by atoms with Gasteiger partial charge in [0, 0.05) is 53.1 Å². The van der Waals surface area contributed by atoms with Gasteiger partial charge in [-0.3, -0.25) is 15.5 Å². The number of hydrogen-bond acceptors (Lipinski definition) is 7.